The van der Waals surface area contributed by atoms with Crippen molar-refractivity contribution in [1.29, 1.82) is 0 Å². The van der Waals surface area contributed by atoms with Gasteiger partial charge in [-0.2, -0.15) is 0 Å². The minimum absolute atomic E-state index is 0.116. The summed E-state index contributed by atoms with van der Waals surface area (Å²) in [5.41, 5.74) is 5.55. The number of hydrogen-bond acceptors (Lipinski definition) is 5. The van der Waals surface area contributed by atoms with E-state index in [1.807, 2.05) is 0 Å². The molecule has 5 nitrogen and oxygen atoms in total. The molecule has 1 aromatic heterocycles. The summed E-state index contributed by atoms with van der Waals surface area (Å²) < 4.78 is 5.48. The Hall–Kier alpha value is -1.10. The second-order valence-corrected chi connectivity index (χ2v) is 4.79. The van der Waals surface area contributed by atoms with Crippen LogP contribution in [0.5, 0.6) is 0 Å². The first-order valence-corrected chi connectivity index (χ1v) is 6.02. The molecule has 1 aromatic rings. The summed E-state index contributed by atoms with van der Waals surface area (Å²) in [4.78, 5) is 0. The van der Waals surface area contributed by atoms with Gasteiger partial charge in [-0.05, 0) is 19.8 Å². The average Bonchev–Trinajstić information content (AvgIpc) is 2.66. The normalized spacial score (nSPS) is 19.6. The highest BCUT2D eigenvalue weighted by Crippen LogP contribution is 2.30. The average molecular weight is 224 g/mol. The van der Waals surface area contributed by atoms with E-state index in [4.69, 9.17) is 10.2 Å². The third-order valence-corrected chi connectivity index (χ3v) is 3.19. The molecule has 1 fully saturated rings. The third kappa shape index (κ3) is 2.72. The molecule has 1 aliphatic carbocycles. The maximum atomic E-state index is 5.48. The van der Waals surface area contributed by atoms with E-state index in [0.717, 1.165) is 0 Å². The molecule has 0 radical (unpaired) electrons. The van der Waals surface area contributed by atoms with E-state index >= 15 is 0 Å². The highest BCUT2D eigenvalue weighted by atomic mass is 16.4. The Labute approximate surface area is 95.8 Å². The Bertz CT molecular complexity index is 330. The lowest BCUT2D eigenvalue weighted by molar-refractivity contribution is 0.338. The fourth-order valence-corrected chi connectivity index (χ4v) is 2.24. The number of nitrogens with two attached hydrogens (primary N) is 1. The quantitative estimate of drug-likeness (QED) is 0.814. The first-order valence-electron chi connectivity index (χ1n) is 6.02. The van der Waals surface area contributed by atoms with Crippen molar-refractivity contribution >= 4 is 6.01 Å². The zero-order chi connectivity index (χ0) is 11.4. The van der Waals surface area contributed by atoms with E-state index in [1.165, 1.54) is 32.1 Å². The minimum Gasteiger partial charge on any atom is -0.408 e. The van der Waals surface area contributed by atoms with Crippen molar-refractivity contribution in [3.63, 3.8) is 0 Å². The van der Waals surface area contributed by atoms with Gasteiger partial charge in [0.15, 0.2) is 0 Å². The molecule has 3 N–H and O–H groups in total. The molecule has 0 saturated heterocycles. The van der Waals surface area contributed by atoms with Crippen molar-refractivity contribution in [3.8, 4) is 0 Å². The van der Waals surface area contributed by atoms with Gasteiger partial charge >= 0.3 is 6.01 Å². The SMILES string of the molecule is CC1(Nc2nnc(CCN)o2)CCCCC1. The summed E-state index contributed by atoms with van der Waals surface area (Å²) in [5.74, 6) is 0.615. The summed E-state index contributed by atoms with van der Waals surface area (Å²) >= 11 is 0. The number of nitrogens with zero attached hydrogens (tertiary/aromatic N) is 2. The van der Waals surface area contributed by atoms with Gasteiger partial charge in [-0.1, -0.05) is 24.4 Å². The molecule has 90 valence electrons. The molecular formula is C11H20N4O. The largest absolute Gasteiger partial charge is 0.408 e. The van der Waals surface area contributed by atoms with Crippen LogP contribution in [-0.2, 0) is 6.42 Å². The first-order chi connectivity index (χ1) is 7.72. The van der Waals surface area contributed by atoms with E-state index in [1.54, 1.807) is 0 Å². The number of anilines is 1. The Kier molecular flexibility index (Phi) is 3.43. The molecule has 1 heterocycles. The van der Waals surface area contributed by atoms with Crippen LogP contribution in [0, 0.1) is 0 Å². The van der Waals surface area contributed by atoms with Gasteiger partial charge in [-0.15, -0.1) is 5.10 Å². The Morgan fingerprint density at radius 3 is 2.75 bits per heavy atom. The number of aromatic nitrogens is 2. The molecular weight excluding hydrogens is 204 g/mol. The number of hydrogen-bond donors (Lipinski definition) is 2. The van der Waals surface area contributed by atoms with Gasteiger partial charge in [0.25, 0.3) is 0 Å². The van der Waals surface area contributed by atoms with Gasteiger partial charge in [-0.3, -0.25) is 0 Å². The highest BCUT2D eigenvalue weighted by molar-refractivity contribution is 5.23. The lowest BCUT2D eigenvalue weighted by atomic mass is 9.83. The highest BCUT2D eigenvalue weighted by Gasteiger charge is 2.28. The zero-order valence-electron chi connectivity index (χ0n) is 9.83. The summed E-state index contributed by atoms with van der Waals surface area (Å²) in [5, 5.41) is 11.3. The Morgan fingerprint density at radius 2 is 2.06 bits per heavy atom. The van der Waals surface area contributed by atoms with Crippen molar-refractivity contribution < 1.29 is 4.42 Å². The van der Waals surface area contributed by atoms with Crippen LogP contribution in [0.4, 0.5) is 6.01 Å². The second-order valence-electron chi connectivity index (χ2n) is 4.79. The molecule has 16 heavy (non-hydrogen) atoms. The van der Waals surface area contributed by atoms with Gasteiger partial charge in [-0.25, -0.2) is 0 Å². The fourth-order valence-electron chi connectivity index (χ4n) is 2.24. The van der Waals surface area contributed by atoms with Crippen molar-refractivity contribution in [2.45, 2.75) is 51.0 Å². The van der Waals surface area contributed by atoms with Crippen LogP contribution < -0.4 is 11.1 Å². The van der Waals surface area contributed by atoms with Crippen LogP contribution in [0.15, 0.2) is 4.42 Å². The van der Waals surface area contributed by atoms with Gasteiger partial charge in [0.2, 0.25) is 5.89 Å². The molecule has 0 aliphatic heterocycles. The zero-order valence-corrected chi connectivity index (χ0v) is 9.83. The van der Waals surface area contributed by atoms with Crippen LogP contribution in [0.2, 0.25) is 0 Å². The van der Waals surface area contributed by atoms with E-state index in [0.29, 0.717) is 24.9 Å². The standard InChI is InChI=1S/C11H20N4O/c1-11(6-3-2-4-7-11)13-10-15-14-9(16-10)5-8-12/h2-8,12H2,1H3,(H,13,15). The molecule has 1 saturated carbocycles. The van der Waals surface area contributed by atoms with Crippen LogP contribution >= 0.6 is 0 Å². The summed E-state index contributed by atoms with van der Waals surface area (Å²) in [7, 11) is 0. The molecule has 0 aromatic carbocycles. The molecule has 0 unspecified atom stereocenters. The van der Waals surface area contributed by atoms with Gasteiger partial charge < -0.3 is 15.5 Å². The van der Waals surface area contributed by atoms with Crippen molar-refractivity contribution in [1.82, 2.24) is 10.2 Å². The fraction of sp³-hybridized carbons (Fsp3) is 0.818. The number of rotatable bonds is 4. The number of nitrogens with one attached hydrogen (secondary N) is 1. The molecule has 5 heteroatoms. The topological polar surface area (TPSA) is 77.0 Å². The van der Waals surface area contributed by atoms with E-state index in [-0.39, 0.29) is 5.54 Å². The van der Waals surface area contributed by atoms with Crippen LogP contribution in [0.3, 0.4) is 0 Å². The Balaban J connectivity index is 1.96. The van der Waals surface area contributed by atoms with Crippen molar-refractivity contribution in [3.05, 3.63) is 5.89 Å². The van der Waals surface area contributed by atoms with Crippen LogP contribution in [0.25, 0.3) is 0 Å². The van der Waals surface area contributed by atoms with Gasteiger partial charge in [0, 0.05) is 18.5 Å². The smallest absolute Gasteiger partial charge is 0.315 e. The molecule has 1 aliphatic rings. The lowest BCUT2D eigenvalue weighted by Gasteiger charge is -2.33. The summed E-state index contributed by atoms with van der Waals surface area (Å²) in [6.07, 6.45) is 6.86. The van der Waals surface area contributed by atoms with Crippen molar-refractivity contribution in [2.24, 2.45) is 5.73 Å². The summed E-state index contributed by atoms with van der Waals surface area (Å²) in [6.45, 7) is 2.76. The van der Waals surface area contributed by atoms with E-state index in [2.05, 4.69) is 22.4 Å². The third-order valence-electron chi connectivity index (χ3n) is 3.19. The molecule has 2 rings (SSSR count). The van der Waals surface area contributed by atoms with Gasteiger partial charge in [0.05, 0.1) is 0 Å². The van der Waals surface area contributed by atoms with Crippen LogP contribution in [-0.4, -0.2) is 22.3 Å². The maximum Gasteiger partial charge on any atom is 0.315 e. The molecule has 0 bridgehead atoms. The molecule has 0 spiro atoms. The van der Waals surface area contributed by atoms with E-state index < -0.39 is 0 Å². The van der Waals surface area contributed by atoms with Gasteiger partial charge in [0.1, 0.15) is 0 Å². The first kappa shape index (κ1) is 11.4. The van der Waals surface area contributed by atoms with E-state index in [9.17, 15) is 0 Å². The maximum absolute atomic E-state index is 5.48. The lowest BCUT2D eigenvalue weighted by Crippen LogP contribution is -2.36. The molecule has 0 amide bonds. The predicted molar refractivity (Wildman–Crippen MR) is 62.2 cm³/mol. The minimum atomic E-state index is 0.116. The van der Waals surface area contributed by atoms with Crippen LogP contribution in [0.1, 0.15) is 44.9 Å². The summed E-state index contributed by atoms with van der Waals surface area (Å²) in [6, 6.07) is 0.535. The predicted octanol–water partition coefficient (Wildman–Crippen LogP) is 1.71. The molecule has 0 atom stereocenters. The Morgan fingerprint density at radius 1 is 1.31 bits per heavy atom. The van der Waals surface area contributed by atoms with Crippen molar-refractivity contribution in [2.75, 3.05) is 11.9 Å². The second kappa shape index (κ2) is 4.82. The monoisotopic (exact) mass is 224 g/mol.